The molecule has 29 heteroatoms. The van der Waals surface area contributed by atoms with E-state index >= 15 is 0 Å². The minimum Gasteiger partial charge on any atom is -0.399 e. The molecule has 4 heterocycles. The first-order chi connectivity index (χ1) is 35.0. The molecule has 3 aromatic heterocycles. The molecule has 5 aromatic carbocycles. The van der Waals surface area contributed by atoms with Gasteiger partial charge >= 0.3 is 38.0 Å². The fraction of sp³-hybridized carbons (Fsp3) is 0.312. The fourth-order valence-electron chi connectivity index (χ4n) is 7.34. The maximum atomic E-state index is 13.4. The highest BCUT2D eigenvalue weighted by Gasteiger charge is 2.52. The van der Waals surface area contributed by atoms with Crippen LogP contribution in [-0.4, -0.2) is 48.1 Å². The summed E-state index contributed by atoms with van der Waals surface area (Å²) in [5, 5.41) is 15.0. The first kappa shape index (κ1) is 62.3. The van der Waals surface area contributed by atoms with Gasteiger partial charge in [-0.25, -0.2) is 0 Å². The van der Waals surface area contributed by atoms with Crippen molar-refractivity contribution in [1.29, 1.82) is 0 Å². The van der Waals surface area contributed by atoms with E-state index in [4.69, 9.17) is 20.8 Å². The van der Waals surface area contributed by atoms with Gasteiger partial charge in [0.05, 0.1) is 74.2 Å². The molecular formula is C48H43BBr3F15N8O2. The summed E-state index contributed by atoms with van der Waals surface area (Å²) < 4.78 is 205. The van der Waals surface area contributed by atoms with Crippen LogP contribution in [0.3, 0.4) is 0 Å². The number of para-hydroxylation sites is 1. The highest BCUT2D eigenvalue weighted by molar-refractivity contribution is 9.11. The largest absolute Gasteiger partial charge is 0.494 e. The summed E-state index contributed by atoms with van der Waals surface area (Å²) in [5.41, 5.74) is 6.63. The van der Waals surface area contributed by atoms with Crippen molar-refractivity contribution in [2.75, 3.05) is 11.5 Å². The molecule has 77 heavy (non-hydrogen) atoms. The second kappa shape index (κ2) is 22.7. The average Bonchev–Trinajstić information content (AvgIpc) is 4.05. The molecule has 1 aliphatic rings. The smallest absolute Gasteiger partial charge is 0.399 e. The lowest BCUT2D eigenvalue weighted by molar-refractivity contribution is -0.137. The number of rotatable bonds is 1. The number of fused-ring (bicyclic) bond motifs is 3. The van der Waals surface area contributed by atoms with Crippen LogP contribution in [0.2, 0.25) is 0 Å². The van der Waals surface area contributed by atoms with Gasteiger partial charge in [0, 0.05) is 55.0 Å². The molecule has 0 spiro atoms. The quantitative estimate of drug-likeness (QED) is 0.0846. The molecule has 9 rings (SSSR count). The lowest BCUT2D eigenvalue weighted by Crippen LogP contribution is -2.41. The molecule has 5 N–H and O–H groups in total. The molecule has 1 aliphatic heterocycles. The minimum atomic E-state index is -4.48. The number of halogens is 18. The predicted octanol–water partition coefficient (Wildman–Crippen LogP) is 15.5. The number of H-pyrrole nitrogens is 1. The van der Waals surface area contributed by atoms with Crippen LogP contribution in [0.1, 0.15) is 66.6 Å². The van der Waals surface area contributed by atoms with Gasteiger partial charge in [-0.2, -0.15) is 81.2 Å². The van der Waals surface area contributed by atoms with E-state index in [1.165, 1.54) is 55.0 Å². The van der Waals surface area contributed by atoms with Gasteiger partial charge in [0.15, 0.2) is 0 Å². The molecule has 10 nitrogen and oxygen atoms in total. The Morgan fingerprint density at radius 1 is 0.506 bits per heavy atom. The van der Waals surface area contributed by atoms with Gasteiger partial charge in [0.2, 0.25) is 0 Å². The molecule has 0 atom stereocenters. The fourth-order valence-corrected chi connectivity index (χ4v) is 8.86. The van der Waals surface area contributed by atoms with Crippen molar-refractivity contribution in [2.24, 2.45) is 14.1 Å². The topological polar surface area (TPSA) is 135 Å². The molecule has 416 valence electrons. The van der Waals surface area contributed by atoms with Gasteiger partial charge in [0.1, 0.15) is 0 Å². The van der Waals surface area contributed by atoms with E-state index in [1.807, 2.05) is 27.7 Å². The number of nitrogens with zero attached hydrogens (tertiary/aromatic N) is 5. The van der Waals surface area contributed by atoms with Gasteiger partial charge < -0.3 is 20.8 Å². The van der Waals surface area contributed by atoms with E-state index in [-0.39, 0.29) is 27.9 Å². The van der Waals surface area contributed by atoms with Crippen molar-refractivity contribution in [3.8, 4) is 0 Å². The Bertz CT molecular complexity index is 3390. The number of anilines is 2. The van der Waals surface area contributed by atoms with Crippen LogP contribution in [0.5, 0.6) is 0 Å². The van der Waals surface area contributed by atoms with Crippen LogP contribution in [0.4, 0.5) is 77.2 Å². The number of aryl methyl sites for hydroxylation is 4. The number of benzene rings is 5. The number of hydrogen-bond acceptors (Lipinski definition) is 7. The third-order valence-corrected chi connectivity index (χ3v) is 13.3. The van der Waals surface area contributed by atoms with Crippen molar-refractivity contribution in [3.05, 3.63) is 138 Å². The summed E-state index contributed by atoms with van der Waals surface area (Å²) >= 11 is 9.05. The number of aromatic amines is 1. The normalized spacial score (nSPS) is 14.5. The molecule has 0 bridgehead atoms. The van der Waals surface area contributed by atoms with Gasteiger partial charge in [-0.15, -0.1) is 0 Å². The van der Waals surface area contributed by atoms with Gasteiger partial charge in [0.25, 0.3) is 0 Å². The van der Waals surface area contributed by atoms with Crippen LogP contribution >= 0.6 is 47.8 Å². The molecule has 0 unspecified atom stereocenters. The molecule has 0 amide bonds. The third kappa shape index (κ3) is 14.8. The van der Waals surface area contributed by atoms with Crippen molar-refractivity contribution in [1.82, 2.24) is 29.8 Å². The summed E-state index contributed by atoms with van der Waals surface area (Å²) in [5.74, 6) is 0. The van der Waals surface area contributed by atoms with Gasteiger partial charge in [-0.3, -0.25) is 14.5 Å². The molecule has 0 aliphatic carbocycles. The summed E-state index contributed by atoms with van der Waals surface area (Å²) in [4.78, 5) is 0. The highest BCUT2D eigenvalue weighted by Crippen LogP contribution is 2.41. The average molecular weight is 1300 g/mol. The van der Waals surface area contributed by atoms with Crippen molar-refractivity contribution < 1.29 is 75.2 Å². The number of hydrogen-bond donors (Lipinski definition) is 3. The van der Waals surface area contributed by atoms with E-state index in [2.05, 4.69) is 68.2 Å². The Balaban J connectivity index is 0.000000182. The van der Waals surface area contributed by atoms with E-state index in [1.54, 1.807) is 37.3 Å². The Kier molecular flexibility index (Phi) is 18.4. The van der Waals surface area contributed by atoms with Crippen molar-refractivity contribution >= 4 is 104 Å². The molecular weight excluding hydrogens is 1260 g/mol. The summed E-state index contributed by atoms with van der Waals surface area (Å²) in [6.45, 7) is 10.5. The van der Waals surface area contributed by atoms with Crippen LogP contribution in [0.25, 0.3) is 32.7 Å². The second-order valence-corrected chi connectivity index (χ2v) is 20.8. The summed E-state index contributed by atoms with van der Waals surface area (Å²) in [6, 6.07) is 14.4. The Morgan fingerprint density at radius 3 is 1.38 bits per heavy atom. The van der Waals surface area contributed by atoms with Crippen LogP contribution in [0, 0.1) is 13.8 Å². The Labute approximate surface area is 454 Å². The zero-order chi connectivity index (χ0) is 58.3. The lowest BCUT2D eigenvalue weighted by atomic mass is 9.77. The number of nitrogen functional groups attached to an aromatic ring is 2. The third-order valence-electron chi connectivity index (χ3n) is 11.9. The number of nitrogens with two attached hydrogens (primary N) is 2. The van der Waals surface area contributed by atoms with Crippen LogP contribution in [0.15, 0.2) is 98.7 Å². The predicted molar refractivity (Wildman–Crippen MR) is 273 cm³/mol. The van der Waals surface area contributed by atoms with Gasteiger partial charge in [-0.05, 0) is 107 Å². The van der Waals surface area contributed by atoms with Crippen molar-refractivity contribution in [2.45, 2.75) is 83.6 Å². The molecule has 1 fully saturated rings. The first-order valence-corrected chi connectivity index (χ1v) is 24.2. The molecule has 0 saturated carbocycles. The van der Waals surface area contributed by atoms with E-state index in [0.29, 0.717) is 46.2 Å². The number of nitrogens with one attached hydrogen (secondary N) is 1. The maximum Gasteiger partial charge on any atom is 0.494 e. The molecule has 0 radical (unpaired) electrons. The SMILES string of the molecule is Cc1cc(Br)cc(C(F)(F)F)c1N.Cc1cccc(C(F)(F)F)c1N.Cn1ncc2cc(B3OC(C)(C)C(C)(C)O3)cc(C(F)(F)F)c21.Cn1ncc2cc(Br)cc(C(F)(F)F)c21.FC(F)(F)c1cc(Br)cc2cn[nH]c12. The summed E-state index contributed by atoms with van der Waals surface area (Å²) in [7, 11) is 2.14. The van der Waals surface area contributed by atoms with E-state index < -0.39 is 77.0 Å². The van der Waals surface area contributed by atoms with Gasteiger partial charge in [-0.1, -0.05) is 66.0 Å². The van der Waals surface area contributed by atoms with E-state index in [0.717, 1.165) is 30.3 Å². The monoisotopic (exact) mass is 1300 g/mol. The first-order valence-electron chi connectivity index (χ1n) is 21.9. The van der Waals surface area contributed by atoms with Crippen molar-refractivity contribution in [3.63, 3.8) is 0 Å². The second-order valence-electron chi connectivity index (χ2n) is 18.0. The zero-order valence-corrected chi connectivity index (χ0v) is 45.9. The Hall–Kier alpha value is -5.52. The molecule has 1 saturated heterocycles. The lowest BCUT2D eigenvalue weighted by Gasteiger charge is -2.32. The summed E-state index contributed by atoms with van der Waals surface area (Å²) in [6.07, 6.45) is -17.8. The van der Waals surface area contributed by atoms with Crippen LogP contribution in [-0.2, 0) is 54.3 Å². The standard InChI is InChI=1S/C15H18BF3N2O2.C9H6BrF3N2.C8H4BrF3N2.C8H7BrF3N.C8H8F3N/c1-13(2)14(3,4)23-16(22-13)10-6-9-8-20-21(5)12(9)11(7-10)15(17,18)19;1-15-8-5(4-14-15)2-6(10)3-7(8)9(11,12)13;9-5-1-4-3-13-14-7(4)6(2-5)8(10,11)12;1-4-2-5(9)3-6(7(4)13)8(10,11)12;1-5-3-2-4-6(7(5)12)8(9,10)11/h6-8H,1-5H3;2-4H,1H3;1-3H,(H,13,14);2-3H,13H2,1H3;2-4H,12H2,1H3. The number of aromatic nitrogens is 6. The number of alkyl halides is 15. The maximum absolute atomic E-state index is 13.4. The van der Waals surface area contributed by atoms with Crippen LogP contribution < -0.4 is 16.9 Å². The molecule has 8 aromatic rings. The zero-order valence-electron chi connectivity index (χ0n) is 41.2. The minimum absolute atomic E-state index is 0.0145. The Morgan fingerprint density at radius 2 is 0.909 bits per heavy atom. The van der Waals surface area contributed by atoms with E-state index in [9.17, 15) is 65.9 Å². The highest BCUT2D eigenvalue weighted by atomic mass is 79.9.